The highest BCUT2D eigenvalue weighted by Gasteiger charge is 2.21. The fraction of sp³-hybridized carbons (Fsp3) is 0.682. The number of unbranched alkanes of at least 4 members (excludes halogenated alkanes) is 1. The van der Waals surface area contributed by atoms with E-state index in [9.17, 15) is 4.79 Å². The number of nitrogens with one attached hydrogen (secondary N) is 2. The molecule has 1 aliphatic heterocycles. The Labute approximate surface area is 170 Å². The van der Waals surface area contributed by atoms with E-state index < -0.39 is 0 Å². The number of ether oxygens (including phenoxy) is 2. The number of hydrogen-bond acceptors (Lipinski definition) is 4. The largest absolute Gasteiger partial charge is 0.497 e. The Morgan fingerprint density at radius 2 is 1.89 bits per heavy atom. The summed E-state index contributed by atoms with van der Waals surface area (Å²) in [6, 6.07) is 5.32. The zero-order valence-corrected chi connectivity index (χ0v) is 18.1. The van der Waals surface area contributed by atoms with Crippen molar-refractivity contribution in [2.24, 2.45) is 11.8 Å². The van der Waals surface area contributed by atoms with Crippen molar-refractivity contribution in [2.45, 2.75) is 46.1 Å². The zero-order valence-electron chi connectivity index (χ0n) is 18.1. The highest BCUT2D eigenvalue weighted by Crippen LogP contribution is 2.29. The number of rotatable bonds is 9. The van der Waals surface area contributed by atoms with Crippen LogP contribution in [0.1, 0.15) is 51.6 Å². The topological polar surface area (TPSA) is 62.8 Å². The molecule has 6 nitrogen and oxygen atoms in total. The molecule has 0 radical (unpaired) electrons. The number of amides is 2. The molecule has 0 saturated carbocycles. The second-order valence-electron chi connectivity index (χ2n) is 8.14. The van der Waals surface area contributed by atoms with E-state index in [4.69, 9.17) is 9.47 Å². The minimum atomic E-state index is -0.155. The molecule has 0 aliphatic carbocycles. The van der Waals surface area contributed by atoms with Gasteiger partial charge in [0, 0.05) is 31.3 Å². The van der Waals surface area contributed by atoms with Crippen LogP contribution in [0, 0.1) is 11.8 Å². The van der Waals surface area contributed by atoms with Crippen molar-refractivity contribution in [3.8, 4) is 11.5 Å². The maximum absolute atomic E-state index is 12.2. The van der Waals surface area contributed by atoms with Crippen LogP contribution in [0.5, 0.6) is 11.5 Å². The van der Waals surface area contributed by atoms with E-state index in [2.05, 4.69) is 29.4 Å². The standard InChI is InChI=1S/C22H37N3O3/c1-16-12-17(2)15-25(14-16)11-7-6-10-23-22(26)24-18(3)20-9-8-19(27-4)13-21(20)28-5/h8-9,13,16-18H,6-7,10-12,14-15H2,1-5H3,(H2,23,24,26). The fourth-order valence-electron chi connectivity index (χ4n) is 4.14. The van der Waals surface area contributed by atoms with Crippen LogP contribution in [0.15, 0.2) is 18.2 Å². The van der Waals surface area contributed by atoms with Crippen LogP contribution in [0.4, 0.5) is 4.79 Å². The fourth-order valence-corrected chi connectivity index (χ4v) is 4.14. The molecule has 0 spiro atoms. The van der Waals surface area contributed by atoms with Crippen LogP contribution in [0.25, 0.3) is 0 Å². The monoisotopic (exact) mass is 391 g/mol. The van der Waals surface area contributed by atoms with Crippen molar-refractivity contribution >= 4 is 6.03 Å². The van der Waals surface area contributed by atoms with Gasteiger partial charge in [-0.25, -0.2) is 4.79 Å². The van der Waals surface area contributed by atoms with Crippen molar-refractivity contribution < 1.29 is 14.3 Å². The molecule has 3 unspecified atom stereocenters. The van der Waals surface area contributed by atoms with Crippen LogP contribution in [-0.2, 0) is 0 Å². The molecular weight excluding hydrogens is 354 g/mol. The molecule has 1 saturated heterocycles. The van der Waals surface area contributed by atoms with E-state index in [1.165, 1.54) is 19.5 Å². The quantitative estimate of drug-likeness (QED) is 0.628. The Balaban J connectivity index is 1.68. The van der Waals surface area contributed by atoms with E-state index in [0.717, 1.165) is 42.5 Å². The number of methoxy groups -OCH3 is 2. The summed E-state index contributed by atoms with van der Waals surface area (Å²) in [5, 5.41) is 5.94. The lowest BCUT2D eigenvalue weighted by Crippen LogP contribution is -2.40. The number of hydrogen-bond donors (Lipinski definition) is 2. The number of nitrogens with zero attached hydrogens (tertiary/aromatic N) is 1. The summed E-state index contributed by atoms with van der Waals surface area (Å²) in [6.07, 6.45) is 3.45. The number of carbonyl (C=O) groups is 1. The van der Waals surface area contributed by atoms with E-state index in [-0.39, 0.29) is 12.1 Å². The van der Waals surface area contributed by atoms with Gasteiger partial charge in [-0.15, -0.1) is 0 Å². The Hall–Kier alpha value is -1.95. The Morgan fingerprint density at radius 3 is 2.54 bits per heavy atom. The van der Waals surface area contributed by atoms with Crippen molar-refractivity contribution in [1.82, 2.24) is 15.5 Å². The van der Waals surface area contributed by atoms with Gasteiger partial charge in [0.2, 0.25) is 0 Å². The molecule has 3 atom stereocenters. The summed E-state index contributed by atoms with van der Waals surface area (Å²) >= 11 is 0. The molecule has 1 heterocycles. The number of urea groups is 1. The van der Waals surface area contributed by atoms with Gasteiger partial charge in [-0.05, 0) is 56.7 Å². The Kier molecular flexibility index (Phi) is 8.90. The van der Waals surface area contributed by atoms with E-state index in [0.29, 0.717) is 12.3 Å². The van der Waals surface area contributed by atoms with Gasteiger partial charge in [0.1, 0.15) is 11.5 Å². The number of carbonyl (C=O) groups excluding carboxylic acids is 1. The normalized spacial score (nSPS) is 21.0. The number of benzene rings is 1. The second-order valence-corrected chi connectivity index (χ2v) is 8.14. The predicted octanol–water partition coefficient (Wildman–Crippen LogP) is 3.82. The summed E-state index contributed by atoms with van der Waals surface area (Å²) in [4.78, 5) is 14.8. The molecule has 2 rings (SSSR count). The first-order valence-electron chi connectivity index (χ1n) is 10.4. The predicted molar refractivity (Wildman–Crippen MR) is 113 cm³/mol. The van der Waals surface area contributed by atoms with Crippen LogP contribution in [0.2, 0.25) is 0 Å². The smallest absolute Gasteiger partial charge is 0.315 e. The second kappa shape index (κ2) is 11.1. The van der Waals surface area contributed by atoms with Gasteiger partial charge in [-0.1, -0.05) is 13.8 Å². The lowest BCUT2D eigenvalue weighted by molar-refractivity contribution is 0.139. The average molecular weight is 392 g/mol. The van der Waals surface area contributed by atoms with Gasteiger partial charge < -0.3 is 25.0 Å². The summed E-state index contributed by atoms with van der Waals surface area (Å²) in [5.74, 6) is 3.03. The summed E-state index contributed by atoms with van der Waals surface area (Å²) < 4.78 is 10.6. The number of piperidine rings is 1. The summed E-state index contributed by atoms with van der Waals surface area (Å²) in [6.45, 7) is 10.9. The minimum absolute atomic E-state index is 0.148. The van der Waals surface area contributed by atoms with Crippen LogP contribution in [0.3, 0.4) is 0 Å². The first-order valence-corrected chi connectivity index (χ1v) is 10.4. The van der Waals surface area contributed by atoms with Crippen LogP contribution >= 0.6 is 0 Å². The van der Waals surface area contributed by atoms with Gasteiger partial charge in [0.25, 0.3) is 0 Å². The molecule has 158 valence electrons. The van der Waals surface area contributed by atoms with Gasteiger partial charge in [0.15, 0.2) is 0 Å². The number of likely N-dealkylation sites (tertiary alicyclic amines) is 1. The minimum Gasteiger partial charge on any atom is -0.497 e. The van der Waals surface area contributed by atoms with Crippen molar-refractivity contribution in [3.05, 3.63) is 23.8 Å². The van der Waals surface area contributed by atoms with Gasteiger partial charge in [-0.2, -0.15) is 0 Å². The molecule has 28 heavy (non-hydrogen) atoms. The average Bonchev–Trinajstić information content (AvgIpc) is 2.66. The first kappa shape index (κ1) is 22.3. The summed E-state index contributed by atoms with van der Waals surface area (Å²) in [5.41, 5.74) is 0.923. The molecular formula is C22H37N3O3. The zero-order chi connectivity index (χ0) is 20.5. The lowest BCUT2D eigenvalue weighted by Gasteiger charge is -2.34. The van der Waals surface area contributed by atoms with E-state index in [1.54, 1.807) is 14.2 Å². The molecule has 2 N–H and O–H groups in total. The molecule has 2 amide bonds. The third kappa shape index (κ3) is 6.89. The maximum Gasteiger partial charge on any atom is 0.315 e. The molecule has 1 aromatic rings. The Bertz CT molecular complexity index is 613. The van der Waals surface area contributed by atoms with E-state index >= 15 is 0 Å². The summed E-state index contributed by atoms with van der Waals surface area (Å²) in [7, 11) is 3.24. The van der Waals surface area contributed by atoms with Crippen LogP contribution in [-0.4, -0.2) is 51.3 Å². The molecule has 0 bridgehead atoms. The first-order chi connectivity index (χ1) is 13.4. The van der Waals surface area contributed by atoms with Crippen LogP contribution < -0.4 is 20.1 Å². The third-order valence-corrected chi connectivity index (χ3v) is 5.39. The SMILES string of the molecule is COc1ccc(C(C)NC(=O)NCCCCN2CC(C)CC(C)C2)c(OC)c1. The highest BCUT2D eigenvalue weighted by molar-refractivity contribution is 5.74. The molecule has 6 heteroatoms. The molecule has 0 aromatic heterocycles. The maximum atomic E-state index is 12.2. The molecule has 1 aliphatic rings. The molecule has 1 aromatic carbocycles. The highest BCUT2D eigenvalue weighted by atomic mass is 16.5. The van der Waals surface area contributed by atoms with Crippen molar-refractivity contribution in [2.75, 3.05) is 40.4 Å². The van der Waals surface area contributed by atoms with Gasteiger partial charge in [0.05, 0.1) is 20.3 Å². The molecule has 1 fully saturated rings. The Morgan fingerprint density at radius 1 is 1.18 bits per heavy atom. The van der Waals surface area contributed by atoms with Gasteiger partial charge in [-0.3, -0.25) is 0 Å². The van der Waals surface area contributed by atoms with E-state index in [1.807, 2.05) is 25.1 Å². The van der Waals surface area contributed by atoms with Crippen molar-refractivity contribution in [3.63, 3.8) is 0 Å². The third-order valence-electron chi connectivity index (χ3n) is 5.39. The van der Waals surface area contributed by atoms with Crippen molar-refractivity contribution in [1.29, 1.82) is 0 Å². The van der Waals surface area contributed by atoms with Gasteiger partial charge >= 0.3 is 6.03 Å². The lowest BCUT2D eigenvalue weighted by atomic mass is 9.92.